The summed E-state index contributed by atoms with van der Waals surface area (Å²) in [4.78, 5) is 15.9. The van der Waals surface area contributed by atoms with Gasteiger partial charge in [-0.1, -0.05) is 0 Å². The van der Waals surface area contributed by atoms with E-state index < -0.39 is 5.41 Å². The molecule has 0 atom stereocenters. The normalized spacial score (nSPS) is 12.2. The summed E-state index contributed by atoms with van der Waals surface area (Å²) in [7, 11) is 1.73. The van der Waals surface area contributed by atoms with E-state index >= 15 is 0 Å². The fourth-order valence-electron chi connectivity index (χ4n) is 1.28. The Balaban J connectivity index is 4.14. The van der Waals surface area contributed by atoms with Crippen LogP contribution in [0.4, 0.5) is 0 Å². The smallest absolute Gasteiger partial charge is 0.227 e. The maximum absolute atomic E-state index is 11.8. The summed E-state index contributed by atoms with van der Waals surface area (Å²) in [5.74, 6) is 1.82. The van der Waals surface area contributed by atoms with E-state index in [1.54, 1.807) is 18.8 Å². The highest BCUT2D eigenvalue weighted by Gasteiger charge is 2.27. The van der Waals surface area contributed by atoms with Crippen molar-refractivity contribution in [2.75, 3.05) is 38.7 Å². The number of carbonyl (C=O) groups is 1. The summed E-state index contributed by atoms with van der Waals surface area (Å²) >= 11 is 1.78. The van der Waals surface area contributed by atoms with Gasteiger partial charge in [0.15, 0.2) is 5.96 Å². The van der Waals surface area contributed by atoms with Crippen LogP contribution >= 0.6 is 11.8 Å². The second-order valence-corrected chi connectivity index (χ2v) is 5.57. The Bertz CT molecular complexity index is 279. The van der Waals surface area contributed by atoms with Gasteiger partial charge in [-0.15, -0.1) is 0 Å². The summed E-state index contributed by atoms with van der Waals surface area (Å²) in [6.07, 6.45) is 2.07. The van der Waals surface area contributed by atoms with Gasteiger partial charge in [-0.2, -0.15) is 11.8 Å². The lowest BCUT2D eigenvalue weighted by Gasteiger charge is -2.24. The molecule has 6 heteroatoms. The molecule has 3 N–H and O–H groups in total. The number of aliphatic imine (C=N–C) groups is 1. The van der Waals surface area contributed by atoms with Gasteiger partial charge in [0, 0.05) is 32.4 Å². The van der Waals surface area contributed by atoms with Crippen molar-refractivity contribution in [2.24, 2.45) is 10.4 Å². The van der Waals surface area contributed by atoms with Crippen LogP contribution in [0, 0.1) is 5.41 Å². The first-order valence-electron chi connectivity index (χ1n) is 6.19. The largest absolute Gasteiger partial charge is 0.356 e. The van der Waals surface area contributed by atoms with Crippen molar-refractivity contribution in [3.8, 4) is 0 Å². The molecule has 0 aliphatic carbocycles. The van der Waals surface area contributed by atoms with Crippen LogP contribution in [0.5, 0.6) is 0 Å². The van der Waals surface area contributed by atoms with Gasteiger partial charge in [0.2, 0.25) is 5.91 Å². The van der Waals surface area contributed by atoms with Crippen molar-refractivity contribution in [1.82, 2.24) is 16.0 Å². The predicted molar refractivity (Wildman–Crippen MR) is 80.2 cm³/mol. The number of guanidine groups is 1. The van der Waals surface area contributed by atoms with E-state index in [-0.39, 0.29) is 5.91 Å². The first kappa shape index (κ1) is 17.1. The minimum absolute atomic E-state index is 0.0528. The molecule has 0 saturated carbocycles. The number of nitrogens with zero attached hydrogens (tertiary/aromatic N) is 1. The molecule has 1 amide bonds. The zero-order valence-corrected chi connectivity index (χ0v) is 12.9. The van der Waals surface area contributed by atoms with E-state index in [9.17, 15) is 4.79 Å². The Morgan fingerprint density at radius 3 is 2.44 bits per heavy atom. The lowest BCUT2D eigenvalue weighted by molar-refractivity contribution is -0.128. The van der Waals surface area contributed by atoms with Gasteiger partial charge < -0.3 is 16.0 Å². The van der Waals surface area contributed by atoms with E-state index in [2.05, 4.69) is 27.2 Å². The highest BCUT2D eigenvalue weighted by atomic mass is 32.2. The second-order valence-electron chi connectivity index (χ2n) is 4.59. The molecule has 0 radical (unpaired) electrons. The molecule has 0 heterocycles. The summed E-state index contributed by atoms with van der Waals surface area (Å²) in [6.45, 7) is 7.83. The Kier molecular flexibility index (Phi) is 8.62. The van der Waals surface area contributed by atoms with Crippen LogP contribution in [-0.2, 0) is 4.79 Å². The van der Waals surface area contributed by atoms with Crippen LogP contribution in [0.1, 0.15) is 20.8 Å². The molecule has 0 spiro atoms. The summed E-state index contributed by atoms with van der Waals surface area (Å²) in [5.41, 5.74) is -0.451. The Morgan fingerprint density at radius 1 is 1.28 bits per heavy atom. The maximum Gasteiger partial charge on any atom is 0.227 e. The third kappa shape index (κ3) is 6.74. The van der Waals surface area contributed by atoms with E-state index in [4.69, 9.17) is 0 Å². The highest BCUT2D eigenvalue weighted by molar-refractivity contribution is 7.98. The van der Waals surface area contributed by atoms with Gasteiger partial charge in [0.1, 0.15) is 0 Å². The molecular formula is C12H26N4OS. The quantitative estimate of drug-likeness (QED) is 0.363. The molecule has 5 nitrogen and oxygen atoms in total. The molecule has 0 fully saturated rings. The van der Waals surface area contributed by atoms with Crippen molar-refractivity contribution in [2.45, 2.75) is 20.8 Å². The van der Waals surface area contributed by atoms with Crippen molar-refractivity contribution in [3.05, 3.63) is 0 Å². The zero-order chi connectivity index (χ0) is 14.0. The van der Waals surface area contributed by atoms with Crippen molar-refractivity contribution in [1.29, 1.82) is 0 Å². The summed E-state index contributed by atoms with van der Waals surface area (Å²) in [5, 5.41) is 9.21. The third-order valence-electron chi connectivity index (χ3n) is 2.47. The van der Waals surface area contributed by atoms with Crippen LogP contribution in [0.3, 0.4) is 0 Å². The second kappa shape index (κ2) is 9.08. The van der Waals surface area contributed by atoms with E-state index in [1.807, 2.05) is 20.8 Å². The number of thioether (sulfide) groups is 1. The molecule has 0 aromatic heterocycles. The highest BCUT2D eigenvalue weighted by Crippen LogP contribution is 2.13. The molecule has 0 aliphatic rings. The van der Waals surface area contributed by atoms with Crippen molar-refractivity contribution in [3.63, 3.8) is 0 Å². The molecule has 18 heavy (non-hydrogen) atoms. The molecule has 0 rings (SSSR count). The molecule has 0 aromatic carbocycles. The number of amides is 1. The Hall–Kier alpha value is -0.910. The average molecular weight is 274 g/mol. The van der Waals surface area contributed by atoms with Gasteiger partial charge >= 0.3 is 0 Å². The zero-order valence-electron chi connectivity index (χ0n) is 12.1. The van der Waals surface area contributed by atoms with Gasteiger partial charge in [-0.3, -0.25) is 9.79 Å². The van der Waals surface area contributed by atoms with Crippen LogP contribution in [0.25, 0.3) is 0 Å². The number of carbonyl (C=O) groups excluding carboxylic acids is 1. The lowest BCUT2D eigenvalue weighted by Crippen LogP contribution is -2.48. The standard InChI is InChI=1S/C12H26N4OS/c1-6-14-10(17)12(2,3)9-16-11(13-4)15-7-8-18-5/h6-9H2,1-5H3,(H,14,17)(H2,13,15,16). The molecular weight excluding hydrogens is 248 g/mol. The predicted octanol–water partition coefficient (Wildman–Crippen LogP) is 0.677. The van der Waals surface area contributed by atoms with Crippen LogP contribution < -0.4 is 16.0 Å². The molecule has 0 aliphatic heterocycles. The van der Waals surface area contributed by atoms with E-state index in [0.29, 0.717) is 13.1 Å². The first-order valence-corrected chi connectivity index (χ1v) is 7.59. The minimum atomic E-state index is -0.451. The van der Waals surface area contributed by atoms with Crippen molar-refractivity contribution >= 4 is 23.6 Å². The fourth-order valence-corrected chi connectivity index (χ4v) is 1.58. The molecule has 0 aromatic rings. The van der Waals surface area contributed by atoms with Gasteiger partial charge in [0.25, 0.3) is 0 Å². The number of nitrogens with one attached hydrogen (secondary N) is 3. The van der Waals surface area contributed by atoms with E-state index in [0.717, 1.165) is 18.3 Å². The first-order chi connectivity index (χ1) is 8.47. The van der Waals surface area contributed by atoms with Gasteiger partial charge in [-0.05, 0) is 27.0 Å². The molecule has 0 saturated heterocycles. The SMILES string of the molecule is CCNC(=O)C(C)(C)CNC(=NC)NCCSC. The number of hydrogen-bond acceptors (Lipinski definition) is 3. The Labute approximate surface area is 115 Å². The topological polar surface area (TPSA) is 65.5 Å². The lowest BCUT2D eigenvalue weighted by atomic mass is 9.92. The van der Waals surface area contributed by atoms with Crippen LogP contribution in [-0.4, -0.2) is 50.6 Å². The monoisotopic (exact) mass is 274 g/mol. The molecule has 0 unspecified atom stereocenters. The van der Waals surface area contributed by atoms with Gasteiger partial charge in [-0.25, -0.2) is 0 Å². The molecule has 0 bridgehead atoms. The fraction of sp³-hybridized carbons (Fsp3) is 0.833. The molecule has 106 valence electrons. The maximum atomic E-state index is 11.8. The summed E-state index contributed by atoms with van der Waals surface area (Å²) < 4.78 is 0. The van der Waals surface area contributed by atoms with Crippen molar-refractivity contribution < 1.29 is 4.79 Å². The minimum Gasteiger partial charge on any atom is -0.356 e. The Morgan fingerprint density at radius 2 is 1.94 bits per heavy atom. The summed E-state index contributed by atoms with van der Waals surface area (Å²) in [6, 6.07) is 0. The average Bonchev–Trinajstić information content (AvgIpc) is 2.34. The van der Waals surface area contributed by atoms with Gasteiger partial charge in [0.05, 0.1) is 5.41 Å². The van der Waals surface area contributed by atoms with Crippen LogP contribution in [0.15, 0.2) is 4.99 Å². The number of rotatable bonds is 7. The van der Waals surface area contributed by atoms with E-state index in [1.165, 1.54) is 0 Å². The number of hydrogen-bond donors (Lipinski definition) is 3. The third-order valence-corrected chi connectivity index (χ3v) is 3.08. The van der Waals surface area contributed by atoms with Crippen LogP contribution in [0.2, 0.25) is 0 Å².